The van der Waals surface area contributed by atoms with Crippen molar-refractivity contribution < 1.29 is 14.3 Å². The first-order valence-corrected chi connectivity index (χ1v) is 9.20. The van der Waals surface area contributed by atoms with E-state index in [1.807, 2.05) is 0 Å². The van der Waals surface area contributed by atoms with Crippen LogP contribution < -0.4 is 26.3 Å². The Kier molecular flexibility index (Phi) is 7.71. The molecule has 0 aliphatic heterocycles. The van der Waals surface area contributed by atoms with E-state index in [9.17, 15) is 4.79 Å². The predicted octanol–water partition coefficient (Wildman–Crippen LogP) is 1.89. The predicted molar refractivity (Wildman–Crippen MR) is 105 cm³/mol. The molecule has 1 aliphatic carbocycles. The van der Waals surface area contributed by atoms with Gasteiger partial charge in [0.2, 0.25) is 5.96 Å². The fourth-order valence-corrected chi connectivity index (χ4v) is 3.34. The topological polar surface area (TPSA) is 124 Å². The highest BCUT2D eigenvalue weighted by molar-refractivity contribution is 9.10. The van der Waals surface area contributed by atoms with Crippen molar-refractivity contribution in [1.29, 1.82) is 0 Å². The van der Waals surface area contributed by atoms with Crippen molar-refractivity contribution in [2.75, 3.05) is 13.7 Å². The zero-order valence-corrected chi connectivity index (χ0v) is 16.3. The Hall–Kier alpha value is -2.29. The van der Waals surface area contributed by atoms with E-state index in [0.29, 0.717) is 21.5 Å². The number of nitrogens with two attached hydrogens (primary N) is 2. The number of amides is 1. The van der Waals surface area contributed by atoms with Crippen LogP contribution in [0.1, 0.15) is 37.7 Å². The SMILES string of the molecule is COc1cc(C=NN=C(N)N)cc(Br)c1OCC(=O)NC1CCCCC1. The molecule has 9 heteroatoms. The number of methoxy groups -OCH3 is 1. The number of benzene rings is 1. The number of carbonyl (C=O) groups is 1. The molecular formula is C17H24BrN5O3. The van der Waals surface area contributed by atoms with Crippen LogP contribution in [0.15, 0.2) is 26.8 Å². The van der Waals surface area contributed by atoms with Crippen molar-refractivity contribution in [2.45, 2.75) is 38.1 Å². The number of hydrogen-bond donors (Lipinski definition) is 3. The molecule has 1 saturated carbocycles. The first-order chi connectivity index (χ1) is 12.5. The van der Waals surface area contributed by atoms with E-state index < -0.39 is 0 Å². The minimum Gasteiger partial charge on any atom is -0.493 e. The van der Waals surface area contributed by atoms with Gasteiger partial charge < -0.3 is 26.3 Å². The highest BCUT2D eigenvalue weighted by Gasteiger charge is 2.17. The van der Waals surface area contributed by atoms with Gasteiger partial charge in [0, 0.05) is 6.04 Å². The maximum Gasteiger partial charge on any atom is 0.258 e. The maximum atomic E-state index is 12.1. The van der Waals surface area contributed by atoms with E-state index in [4.69, 9.17) is 20.9 Å². The van der Waals surface area contributed by atoms with Crippen LogP contribution in [0, 0.1) is 0 Å². The summed E-state index contributed by atoms with van der Waals surface area (Å²) in [5.41, 5.74) is 11.2. The van der Waals surface area contributed by atoms with E-state index in [0.717, 1.165) is 25.7 Å². The van der Waals surface area contributed by atoms with Gasteiger partial charge in [-0.1, -0.05) is 19.3 Å². The molecule has 1 aliphatic rings. The lowest BCUT2D eigenvalue weighted by atomic mass is 9.95. The van der Waals surface area contributed by atoms with Crippen LogP contribution >= 0.6 is 15.9 Å². The molecule has 5 N–H and O–H groups in total. The smallest absolute Gasteiger partial charge is 0.258 e. The van der Waals surface area contributed by atoms with Crippen LogP contribution in [0.4, 0.5) is 0 Å². The van der Waals surface area contributed by atoms with Gasteiger partial charge >= 0.3 is 0 Å². The van der Waals surface area contributed by atoms with Gasteiger partial charge in [0.25, 0.3) is 5.91 Å². The summed E-state index contributed by atoms with van der Waals surface area (Å²) in [4.78, 5) is 12.1. The highest BCUT2D eigenvalue weighted by atomic mass is 79.9. The van der Waals surface area contributed by atoms with Crippen molar-refractivity contribution in [2.24, 2.45) is 21.7 Å². The molecular weight excluding hydrogens is 402 g/mol. The standard InChI is InChI=1S/C17H24BrN5O3/c1-25-14-8-11(9-21-23-17(19)20)7-13(18)16(14)26-10-15(24)22-12-5-3-2-4-6-12/h7-9,12H,2-6,10H2,1H3,(H,22,24)(H4,19,20,23). The molecule has 1 aromatic carbocycles. The monoisotopic (exact) mass is 425 g/mol. The Bertz CT molecular complexity index is 683. The number of hydrogen-bond acceptors (Lipinski definition) is 5. The van der Waals surface area contributed by atoms with Crippen molar-refractivity contribution >= 4 is 34.0 Å². The van der Waals surface area contributed by atoms with E-state index in [2.05, 4.69) is 31.4 Å². The number of carbonyl (C=O) groups excluding carboxylic acids is 1. The average Bonchev–Trinajstić information content (AvgIpc) is 2.61. The van der Waals surface area contributed by atoms with Gasteiger partial charge in [-0.25, -0.2) is 0 Å². The summed E-state index contributed by atoms with van der Waals surface area (Å²) in [7, 11) is 1.52. The van der Waals surface area contributed by atoms with Crippen molar-refractivity contribution in [3.05, 3.63) is 22.2 Å². The second-order valence-corrected chi connectivity index (χ2v) is 6.85. The lowest BCUT2D eigenvalue weighted by Crippen LogP contribution is -2.39. The molecule has 0 spiro atoms. The van der Waals surface area contributed by atoms with Gasteiger partial charge in [0.05, 0.1) is 17.8 Å². The van der Waals surface area contributed by atoms with Gasteiger partial charge in [0.1, 0.15) is 0 Å². The van der Waals surface area contributed by atoms with Crippen LogP contribution in [0.3, 0.4) is 0 Å². The van der Waals surface area contributed by atoms with Crippen molar-refractivity contribution in [3.8, 4) is 11.5 Å². The molecule has 1 fully saturated rings. The Morgan fingerprint density at radius 2 is 2.08 bits per heavy atom. The van der Waals surface area contributed by atoms with Gasteiger partial charge in [-0.2, -0.15) is 5.10 Å². The Morgan fingerprint density at radius 3 is 2.73 bits per heavy atom. The molecule has 26 heavy (non-hydrogen) atoms. The average molecular weight is 426 g/mol. The molecule has 0 bridgehead atoms. The van der Waals surface area contributed by atoms with Gasteiger partial charge in [-0.3, -0.25) is 4.79 Å². The summed E-state index contributed by atoms with van der Waals surface area (Å²) in [6.07, 6.45) is 7.10. The van der Waals surface area contributed by atoms with E-state index in [1.165, 1.54) is 19.7 Å². The fourth-order valence-electron chi connectivity index (χ4n) is 2.77. The third-order valence-corrected chi connectivity index (χ3v) is 4.54. The fraction of sp³-hybridized carbons (Fsp3) is 0.471. The van der Waals surface area contributed by atoms with E-state index in [1.54, 1.807) is 12.1 Å². The zero-order valence-electron chi connectivity index (χ0n) is 14.7. The van der Waals surface area contributed by atoms with E-state index >= 15 is 0 Å². The molecule has 2 rings (SSSR count). The first-order valence-electron chi connectivity index (χ1n) is 8.41. The molecule has 0 saturated heterocycles. The maximum absolute atomic E-state index is 12.1. The third kappa shape index (κ3) is 6.21. The highest BCUT2D eigenvalue weighted by Crippen LogP contribution is 2.36. The molecule has 0 unspecified atom stereocenters. The second-order valence-electron chi connectivity index (χ2n) is 5.99. The van der Waals surface area contributed by atoms with Crippen LogP contribution in [0.5, 0.6) is 11.5 Å². The third-order valence-electron chi connectivity index (χ3n) is 3.95. The van der Waals surface area contributed by atoms with Crippen molar-refractivity contribution in [3.63, 3.8) is 0 Å². The van der Waals surface area contributed by atoms with Crippen molar-refractivity contribution in [1.82, 2.24) is 5.32 Å². The summed E-state index contributed by atoms with van der Waals surface area (Å²) in [5, 5.41) is 10.3. The van der Waals surface area contributed by atoms with Crippen LogP contribution in [-0.4, -0.2) is 37.8 Å². The van der Waals surface area contributed by atoms with Gasteiger partial charge in [-0.05, 0) is 46.5 Å². The van der Waals surface area contributed by atoms with Gasteiger partial charge in [-0.15, -0.1) is 5.10 Å². The molecule has 0 radical (unpaired) electrons. The summed E-state index contributed by atoms with van der Waals surface area (Å²) in [5.74, 6) is 0.654. The van der Waals surface area contributed by atoms with E-state index in [-0.39, 0.29) is 24.5 Å². The zero-order chi connectivity index (χ0) is 18.9. The summed E-state index contributed by atoms with van der Waals surface area (Å²) in [6.45, 7) is -0.0765. The number of nitrogens with zero attached hydrogens (tertiary/aromatic N) is 2. The largest absolute Gasteiger partial charge is 0.493 e. The lowest BCUT2D eigenvalue weighted by molar-refractivity contribution is -0.124. The lowest BCUT2D eigenvalue weighted by Gasteiger charge is -2.23. The molecule has 142 valence electrons. The summed E-state index contributed by atoms with van der Waals surface area (Å²) in [6, 6.07) is 3.73. The molecule has 0 aromatic heterocycles. The second kappa shape index (κ2) is 10.0. The normalized spacial score (nSPS) is 14.8. The number of rotatable bonds is 7. The minimum atomic E-state index is -0.135. The number of guanidine groups is 1. The number of halogens is 1. The first kappa shape index (κ1) is 20.0. The molecule has 8 nitrogen and oxygen atoms in total. The Balaban J connectivity index is 2.00. The molecule has 0 atom stereocenters. The minimum absolute atomic E-state index is 0.0765. The van der Waals surface area contributed by atoms with Gasteiger partial charge in [0.15, 0.2) is 18.1 Å². The molecule has 1 aromatic rings. The Morgan fingerprint density at radius 1 is 1.35 bits per heavy atom. The Labute approximate surface area is 161 Å². The number of nitrogens with one attached hydrogen (secondary N) is 1. The molecule has 1 amide bonds. The van der Waals surface area contributed by atoms with Crippen LogP contribution in [-0.2, 0) is 4.79 Å². The van der Waals surface area contributed by atoms with Crippen LogP contribution in [0.2, 0.25) is 0 Å². The van der Waals surface area contributed by atoms with Crippen LogP contribution in [0.25, 0.3) is 0 Å². The summed E-state index contributed by atoms with van der Waals surface area (Å²) < 4.78 is 11.6. The summed E-state index contributed by atoms with van der Waals surface area (Å²) >= 11 is 3.42. The molecule has 0 heterocycles. The number of ether oxygens (including phenoxy) is 2. The quantitative estimate of drug-likeness (QED) is 0.349.